The molecule has 7 nitrogen and oxygen atoms in total. The van der Waals surface area contributed by atoms with Gasteiger partial charge in [-0.15, -0.1) is 0 Å². The van der Waals surface area contributed by atoms with Crippen LogP contribution in [0.25, 0.3) is 17.0 Å². The first-order valence-electron chi connectivity index (χ1n) is 13.7. The molecule has 0 aliphatic rings. The maximum Gasteiger partial charge on any atom is 0.238 e. The van der Waals surface area contributed by atoms with E-state index >= 15 is 0 Å². The lowest BCUT2D eigenvalue weighted by Crippen LogP contribution is -2.43. The van der Waals surface area contributed by atoms with Crippen LogP contribution in [0.2, 0.25) is 0 Å². The molecule has 1 amide bonds. The fourth-order valence-corrected chi connectivity index (χ4v) is 5.55. The van der Waals surface area contributed by atoms with Gasteiger partial charge in [0.05, 0.1) is 30.3 Å². The summed E-state index contributed by atoms with van der Waals surface area (Å²) in [4.78, 5) is 28.7. The molecule has 3 aromatic carbocycles. The molecule has 1 heterocycles. The number of nitrogens with zero attached hydrogens (tertiary/aromatic N) is 2. The van der Waals surface area contributed by atoms with Crippen molar-refractivity contribution in [1.29, 1.82) is 0 Å². The van der Waals surface area contributed by atoms with Crippen LogP contribution in [-0.4, -0.2) is 36.6 Å². The van der Waals surface area contributed by atoms with Gasteiger partial charge in [0.1, 0.15) is 5.58 Å². The largest absolute Gasteiger partial charge is 0.464 e. The molecule has 0 saturated heterocycles. The van der Waals surface area contributed by atoms with Crippen LogP contribution in [0.5, 0.6) is 0 Å². The van der Waals surface area contributed by atoms with Crippen molar-refractivity contribution in [3.63, 3.8) is 0 Å². The maximum atomic E-state index is 13.8. The number of rotatable bonds is 12. The van der Waals surface area contributed by atoms with E-state index in [-0.39, 0.29) is 37.5 Å². The molecule has 8 heteroatoms. The van der Waals surface area contributed by atoms with Crippen LogP contribution in [0.15, 0.2) is 99.7 Å². The summed E-state index contributed by atoms with van der Waals surface area (Å²) in [6, 6.07) is 24.0. The summed E-state index contributed by atoms with van der Waals surface area (Å²) < 4.78 is 33.8. The van der Waals surface area contributed by atoms with Crippen molar-refractivity contribution < 1.29 is 17.6 Å². The van der Waals surface area contributed by atoms with E-state index in [1.807, 2.05) is 87.5 Å². The fraction of sp³-hybridized carbons (Fsp3) is 0.273. The molecule has 0 aliphatic heterocycles. The zero-order valence-corrected chi connectivity index (χ0v) is 24.5. The Balaban J connectivity index is 1.64. The molecule has 1 aromatic heterocycles. The molecule has 0 fully saturated rings. The zero-order chi connectivity index (χ0) is 29.4. The third kappa shape index (κ3) is 8.25. The van der Waals surface area contributed by atoms with Crippen molar-refractivity contribution in [2.24, 2.45) is 5.92 Å². The lowest BCUT2D eigenvalue weighted by molar-refractivity contribution is -0.132. The highest BCUT2D eigenvalue weighted by Crippen LogP contribution is 2.17. The van der Waals surface area contributed by atoms with Gasteiger partial charge in [-0.3, -0.25) is 9.59 Å². The van der Waals surface area contributed by atoms with Crippen LogP contribution in [0.3, 0.4) is 0 Å². The number of aryl methyl sites for hydroxylation is 1. The second-order valence-corrected chi connectivity index (χ2v) is 12.4. The van der Waals surface area contributed by atoms with Gasteiger partial charge in [-0.25, -0.2) is 8.42 Å². The molecular formula is C33H36N2O5S. The van der Waals surface area contributed by atoms with E-state index in [4.69, 9.17) is 4.42 Å². The Bertz CT molecular complexity index is 1660. The van der Waals surface area contributed by atoms with E-state index in [1.54, 1.807) is 12.1 Å². The van der Waals surface area contributed by atoms with Gasteiger partial charge >= 0.3 is 0 Å². The molecule has 0 aliphatic carbocycles. The standard InChI is InChI=1S/C33H36N2O5S/c1-25(2)16-18-35(41(38,39)19-17-27-10-6-4-7-11-27)23-32(36)34(21-28-12-8-5-9-13-28)22-29-24-40-31-15-14-26(3)20-30(31)33(29)37/h4-15,17,19-20,24-25H,16,18,21-23H2,1-3H3. The summed E-state index contributed by atoms with van der Waals surface area (Å²) in [5.74, 6) is -0.162. The minimum atomic E-state index is -3.91. The second kappa shape index (κ2) is 13.6. The molecule has 0 radical (unpaired) electrons. The van der Waals surface area contributed by atoms with Crippen LogP contribution in [-0.2, 0) is 27.9 Å². The number of benzene rings is 3. The zero-order valence-electron chi connectivity index (χ0n) is 23.7. The van der Waals surface area contributed by atoms with Crippen LogP contribution >= 0.6 is 0 Å². The van der Waals surface area contributed by atoms with E-state index in [0.29, 0.717) is 23.0 Å². The van der Waals surface area contributed by atoms with Crippen LogP contribution < -0.4 is 5.43 Å². The molecule has 41 heavy (non-hydrogen) atoms. The van der Waals surface area contributed by atoms with Gasteiger partial charge in [0, 0.05) is 18.5 Å². The molecule has 0 atom stereocenters. The molecule has 4 rings (SSSR count). The number of sulfonamides is 1. The van der Waals surface area contributed by atoms with E-state index in [1.165, 1.54) is 21.5 Å². The highest BCUT2D eigenvalue weighted by atomic mass is 32.2. The Labute approximate surface area is 241 Å². The molecule has 4 aromatic rings. The third-order valence-electron chi connectivity index (χ3n) is 6.79. The normalized spacial score (nSPS) is 12.0. The Morgan fingerprint density at radius 1 is 0.951 bits per heavy atom. The number of fused-ring (bicyclic) bond motifs is 1. The summed E-state index contributed by atoms with van der Waals surface area (Å²) in [7, 11) is -3.91. The number of carbonyl (C=O) groups excluding carboxylic acids is 1. The molecule has 0 unspecified atom stereocenters. The SMILES string of the molecule is Cc1ccc2occ(CN(Cc3ccccc3)C(=O)CN(CCC(C)C)S(=O)(=O)C=Cc3ccccc3)c(=O)c2c1. The van der Waals surface area contributed by atoms with E-state index < -0.39 is 15.9 Å². The van der Waals surface area contributed by atoms with Gasteiger partial charge in [-0.05, 0) is 48.6 Å². The molecule has 0 spiro atoms. The number of hydrogen-bond donors (Lipinski definition) is 0. The Morgan fingerprint density at radius 3 is 2.32 bits per heavy atom. The number of carbonyl (C=O) groups is 1. The van der Waals surface area contributed by atoms with Crippen molar-refractivity contribution in [2.45, 2.75) is 40.3 Å². The summed E-state index contributed by atoms with van der Waals surface area (Å²) in [6.07, 6.45) is 3.52. The summed E-state index contributed by atoms with van der Waals surface area (Å²) in [5, 5.41) is 1.60. The van der Waals surface area contributed by atoms with Crippen molar-refractivity contribution in [2.75, 3.05) is 13.1 Å². The molecular weight excluding hydrogens is 536 g/mol. The quantitative estimate of drug-likeness (QED) is 0.208. The third-order valence-corrected chi connectivity index (χ3v) is 8.30. The van der Waals surface area contributed by atoms with E-state index in [9.17, 15) is 18.0 Å². The van der Waals surface area contributed by atoms with Gasteiger partial charge in [0.15, 0.2) is 5.43 Å². The lowest BCUT2D eigenvalue weighted by Gasteiger charge is -2.27. The molecule has 0 bridgehead atoms. The highest BCUT2D eigenvalue weighted by Gasteiger charge is 2.26. The number of hydrogen-bond acceptors (Lipinski definition) is 5. The fourth-order valence-electron chi connectivity index (χ4n) is 4.40. The predicted octanol–water partition coefficient (Wildman–Crippen LogP) is 5.98. The molecule has 0 N–H and O–H groups in total. The van der Waals surface area contributed by atoms with Gasteiger partial charge < -0.3 is 9.32 Å². The highest BCUT2D eigenvalue weighted by molar-refractivity contribution is 7.92. The average molecular weight is 573 g/mol. The second-order valence-electron chi connectivity index (χ2n) is 10.6. The maximum absolute atomic E-state index is 13.8. The van der Waals surface area contributed by atoms with Gasteiger partial charge in [-0.1, -0.05) is 86.1 Å². The van der Waals surface area contributed by atoms with Crippen LogP contribution in [0.1, 0.15) is 42.5 Å². The smallest absolute Gasteiger partial charge is 0.238 e. The minimum Gasteiger partial charge on any atom is -0.464 e. The van der Waals surface area contributed by atoms with Gasteiger partial charge in [0.25, 0.3) is 0 Å². The lowest BCUT2D eigenvalue weighted by atomic mass is 10.1. The monoisotopic (exact) mass is 572 g/mol. The topological polar surface area (TPSA) is 87.9 Å². The predicted molar refractivity (Wildman–Crippen MR) is 163 cm³/mol. The van der Waals surface area contributed by atoms with E-state index in [0.717, 1.165) is 22.1 Å². The van der Waals surface area contributed by atoms with Crippen molar-refractivity contribution in [3.05, 3.63) is 123 Å². The molecule has 0 saturated carbocycles. The first-order valence-corrected chi connectivity index (χ1v) is 15.2. The van der Waals surface area contributed by atoms with Crippen LogP contribution in [0.4, 0.5) is 0 Å². The minimum absolute atomic E-state index is 0.0160. The molecule has 214 valence electrons. The Hall–Kier alpha value is -4.01. The summed E-state index contributed by atoms with van der Waals surface area (Å²) >= 11 is 0. The Kier molecular flexibility index (Phi) is 9.91. The Morgan fingerprint density at radius 2 is 1.63 bits per heavy atom. The van der Waals surface area contributed by atoms with Crippen molar-refractivity contribution >= 4 is 33.0 Å². The van der Waals surface area contributed by atoms with Crippen molar-refractivity contribution in [1.82, 2.24) is 9.21 Å². The number of amides is 1. The summed E-state index contributed by atoms with van der Waals surface area (Å²) in [6.45, 7) is 5.96. The van der Waals surface area contributed by atoms with Gasteiger partial charge in [0.2, 0.25) is 15.9 Å². The average Bonchev–Trinajstić information content (AvgIpc) is 2.96. The van der Waals surface area contributed by atoms with Crippen LogP contribution in [0, 0.1) is 12.8 Å². The first-order chi connectivity index (χ1) is 19.6. The first kappa shape index (κ1) is 30.0. The summed E-state index contributed by atoms with van der Waals surface area (Å²) in [5.41, 5.74) is 3.12. The van der Waals surface area contributed by atoms with Gasteiger partial charge in [-0.2, -0.15) is 4.31 Å². The van der Waals surface area contributed by atoms with E-state index in [2.05, 4.69) is 0 Å². The van der Waals surface area contributed by atoms with Crippen molar-refractivity contribution in [3.8, 4) is 0 Å².